The van der Waals surface area contributed by atoms with Gasteiger partial charge in [-0.3, -0.25) is 34.7 Å². The summed E-state index contributed by atoms with van der Waals surface area (Å²) in [6, 6.07) is 15.5. The fraction of sp³-hybridized carbons (Fsp3) is 0.378. The molecule has 1 unspecified atom stereocenters. The Morgan fingerprint density at radius 3 is 2.47 bits per heavy atom. The minimum atomic E-state index is -0.525. The van der Waals surface area contributed by atoms with E-state index < -0.39 is 23.2 Å². The summed E-state index contributed by atoms with van der Waals surface area (Å²) in [6.45, 7) is 15.8. The van der Waals surface area contributed by atoms with E-state index in [9.17, 15) is 14.4 Å². The highest BCUT2D eigenvalue weighted by Crippen LogP contribution is 2.35. The number of rotatable bonds is 10. The van der Waals surface area contributed by atoms with Crippen molar-refractivity contribution in [2.45, 2.75) is 78.2 Å². The third kappa shape index (κ3) is 8.26. The van der Waals surface area contributed by atoms with Crippen molar-refractivity contribution < 1.29 is 23.3 Å². The van der Waals surface area contributed by atoms with Crippen LogP contribution in [0, 0.1) is 19.7 Å². The number of benzene rings is 2. The summed E-state index contributed by atoms with van der Waals surface area (Å²) in [5.41, 5.74) is 7.93. The lowest BCUT2D eigenvalue weighted by molar-refractivity contribution is -0.134. The number of anilines is 1. The molecule has 3 amide bonds. The molecule has 2 saturated heterocycles. The normalized spacial score (nSPS) is 16.9. The molecular weight excluding hydrogens is 764 g/mol. The monoisotopic (exact) mass is 812 g/mol. The first-order chi connectivity index (χ1) is 28.7. The third-order valence-electron chi connectivity index (χ3n) is 11.6. The van der Waals surface area contributed by atoms with Crippen LogP contribution in [0.3, 0.4) is 0 Å². The molecule has 0 aliphatic carbocycles. The zero-order valence-electron chi connectivity index (χ0n) is 34.7. The van der Waals surface area contributed by atoms with Crippen molar-refractivity contribution in [3.63, 3.8) is 0 Å². The topological polar surface area (TPSA) is 175 Å². The van der Waals surface area contributed by atoms with Gasteiger partial charge in [-0.05, 0) is 85.3 Å². The van der Waals surface area contributed by atoms with E-state index in [1.54, 1.807) is 32.2 Å². The van der Waals surface area contributed by atoms with Crippen LogP contribution in [0.15, 0.2) is 65.4 Å². The number of aromatic amines is 1. The third-order valence-corrected chi connectivity index (χ3v) is 11.6. The van der Waals surface area contributed by atoms with Crippen molar-refractivity contribution >= 4 is 34.4 Å². The average molecular weight is 813 g/mol. The fourth-order valence-corrected chi connectivity index (χ4v) is 8.07. The Morgan fingerprint density at radius 1 is 1.00 bits per heavy atom. The largest absolute Gasteiger partial charge is 0.369 e. The van der Waals surface area contributed by atoms with Crippen molar-refractivity contribution in [3.05, 3.63) is 106 Å². The minimum Gasteiger partial charge on any atom is -0.369 e. The summed E-state index contributed by atoms with van der Waals surface area (Å²) >= 11 is 0. The van der Waals surface area contributed by atoms with Gasteiger partial charge in [0.1, 0.15) is 5.82 Å². The molecule has 6 heterocycles. The second-order valence-electron chi connectivity index (χ2n) is 16.9. The number of pyridine rings is 2. The summed E-state index contributed by atoms with van der Waals surface area (Å²) < 4.78 is 21.4. The number of hydrogen-bond acceptors (Lipinski definition) is 11. The van der Waals surface area contributed by atoms with Gasteiger partial charge in [0.25, 0.3) is 11.7 Å². The number of nitrogens with one attached hydrogen (secondary N) is 3. The quantitative estimate of drug-likeness (QED) is 0.129. The van der Waals surface area contributed by atoms with Crippen molar-refractivity contribution in [1.82, 2.24) is 45.8 Å². The van der Waals surface area contributed by atoms with E-state index in [4.69, 9.17) is 4.52 Å². The Kier molecular flexibility index (Phi) is 11.0. The van der Waals surface area contributed by atoms with Gasteiger partial charge in [-0.25, -0.2) is 9.37 Å². The van der Waals surface area contributed by atoms with Gasteiger partial charge in [-0.1, -0.05) is 44.1 Å². The molecule has 60 heavy (non-hydrogen) atoms. The smallest absolute Gasteiger partial charge is 0.293 e. The average Bonchev–Trinajstić information content (AvgIpc) is 3.91. The van der Waals surface area contributed by atoms with Crippen LogP contribution in [0.5, 0.6) is 0 Å². The van der Waals surface area contributed by atoms with Gasteiger partial charge in [-0.2, -0.15) is 10.1 Å². The first-order valence-electron chi connectivity index (χ1n) is 20.4. The second-order valence-corrected chi connectivity index (χ2v) is 16.9. The van der Waals surface area contributed by atoms with E-state index >= 15 is 4.39 Å². The highest BCUT2D eigenvalue weighted by Gasteiger charge is 2.30. The molecule has 0 spiro atoms. The number of piperidine rings is 1. The van der Waals surface area contributed by atoms with Gasteiger partial charge < -0.3 is 14.7 Å². The van der Waals surface area contributed by atoms with Gasteiger partial charge in [0.2, 0.25) is 17.7 Å². The molecule has 4 aromatic heterocycles. The zero-order valence-corrected chi connectivity index (χ0v) is 34.7. The van der Waals surface area contributed by atoms with Crippen LogP contribution in [-0.4, -0.2) is 85.7 Å². The Hall–Kier alpha value is -6.35. The number of imide groups is 1. The molecule has 8 rings (SSSR count). The van der Waals surface area contributed by atoms with Crippen LogP contribution in [0.25, 0.3) is 33.4 Å². The van der Waals surface area contributed by atoms with E-state index in [-0.39, 0.29) is 23.6 Å². The van der Waals surface area contributed by atoms with Crippen molar-refractivity contribution in [2.75, 3.05) is 37.6 Å². The molecule has 15 heteroatoms. The van der Waals surface area contributed by atoms with Gasteiger partial charge in [0, 0.05) is 91.3 Å². The molecule has 2 aliphatic heterocycles. The molecule has 2 atom stereocenters. The lowest BCUT2D eigenvalue weighted by Crippen LogP contribution is -2.47. The molecule has 2 aliphatic rings. The van der Waals surface area contributed by atoms with Crippen LogP contribution >= 0.6 is 0 Å². The van der Waals surface area contributed by atoms with Crippen LogP contribution < -0.4 is 15.5 Å². The standard InChI is InChI=1S/C45H49FN10O4/c1-25-21-30(47-24-36(25)33-13-14-37(57)50-42(33)58)15-16-55-17-19-56(20-18-55)31-9-7-28(8-10-31)29-22-35-39(52-53-40(35)48-23-29)34-12-11-32(26(2)38(34)46)27(3)49-43(59)41-51-44(60-54-41)45(4,5)6/h7-12,21-24,27,33H,13-20H2,1-6H3,(H,49,59)(H,48,52,53)(H,50,57,58)/t27-,33?/m1/s1. The molecule has 0 bridgehead atoms. The molecule has 2 aromatic carbocycles. The van der Waals surface area contributed by atoms with Crippen LogP contribution in [0.2, 0.25) is 0 Å². The van der Waals surface area contributed by atoms with Crippen molar-refractivity contribution in [1.29, 1.82) is 0 Å². The van der Waals surface area contributed by atoms with Crippen LogP contribution in [-0.2, 0) is 21.4 Å². The number of nitrogens with zero attached hydrogens (tertiary/aromatic N) is 7. The van der Waals surface area contributed by atoms with E-state index in [1.165, 1.54) is 0 Å². The van der Waals surface area contributed by atoms with Gasteiger partial charge in [-0.15, -0.1) is 0 Å². The molecule has 6 aromatic rings. The van der Waals surface area contributed by atoms with E-state index in [1.807, 2.05) is 40.0 Å². The highest BCUT2D eigenvalue weighted by atomic mass is 19.1. The molecule has 0 radical (unpaired) electrons. The Balaban J connectivity index is 0.885. The number of H-pyrrole nitrogens is 1. The fourth-order valence-electron chi connectivity index (χ4n) is 8.07. The predicted molar refractivity (Wildman–Crippen MR) is 225 cm³/mol. The molecular formula is C45H49FN10O4. The molecule has 14 nitrogen and oxygen atoms in total. The summed E-state index contributed by atoms with van der Waals surface area (Å²) in [6.07, 6.45) is 5.28. The molecule has 3 N–H and O–H groups in total. The van der Waals surface area contributed by atoms with Crippen molar-refractivity contribution in [3.8, 4) is 22.4 Å². The van der Waals surface area contributed by atoms with Gasteiger partial charge in [0.15, 0.2) is 5.65 Å². The van der Waals surface area contributed by atoms with Gasteiger partial charge >= 0.3 is 0 Å². The molecule has 310 valence electrons. The summed E-state index contributed by atoms with van der Waals surface area (Å²) in [4.78, 5) is 55.2. The van der Waals surface area contributed by atoms with E-state index in [0.717, 1.165) is 72.8 Å². The minimum absolute atomic E-state index is 0.0721. The summed E-state index contributed by atoms with van der Waals surface area (Å²) in [5.74, 6) is -1.41. The maximum atomic E-state index is 16.2. The number of carbonyl (C=O) groups is 3. The second kappa shape index (κ2) is 16.4. The Labute approximate surface area is 347 Å². The number of carbonyl (C=O) groups excluding carboxylic acids is 3. The van der Waals surface area contributed by atoms with Crippen LogP contribution in [0.1, 0.15) is 97.0 Å². The SMILES string of the molecule is Cc1cc(CCN2CCN(c3ccc(-c4cnc5n[nH]c(-c6ccc([C@@H](C)NC(=O)c7noc(C(C)(C)C)n7)c(C)c6F)c5c4)cc3)CC2)ncc1C1CCC(=O)NC1=O. The van der Waals surface area contributed by atoms with Crippen LogP contribution in [0.4, 0.5) is 10.1 Å². The zero-order chi connectivity index (χ0) is 42.3. The number of piperazine rings is 1. The number of halogens is 1. The maximum Gasteiger partial charge on any atom is 0.293 e. The molecule has 0 saturated carbocycles. The number of aryl methyl sites for hydroxylation is 1. The first kappa shape index (κ1) is 40.4. The first-order valence-corrected chi connectivity index (χ1v) is 20.4. The predicted octanol–water partition coefficient (Wildman–Crippen LogP) is 6.50. The lowest BCUT2D eigenvalue weighted by atomic mass is 9.88. The lowest BCUT2D eigenvalue weighted by Gasteiger charge is -2.36. The summed E-state index contributed by atoms with van der Waals surface area (Å²) in [7, 11) is 0. The number of amides is 3. The van der Waals surface area contributed by atoms with Gasteiger partial charge in [0.05, 0.1) is 17.7 Å². The van der Waals surface area contributed by atoms with E-state index in [2.05, 4.69) is 81.1 Å². The maximum absolute atomic E-state index is 16.2. The number of hydrogen-bond donors (Lipinski definition) is 3. The Morgan fingerprint density at radius 2 is 1.77 bits per heavy atom. The van der Waals surface area contributed by atoms with E-state index in [0.29, 0.717) is 52.2 Å². The highest BCUT2D eigenvalue weighted by molar-refractivity contribution is 6.01. The number of fused-ring (bicyclic) bond motifs is 1. The molecule has 2 fully saturated rings. The summed E-state index contributed by atoms with van der Waals surface area (Å²) in [5, 5.41) is 17.2. The number of aromatic nitrogens is 6. The van der Waals surface area contributed by atoms with Crippen molar-refractivity contribution in [2.24, 2.45) is 0 Å². The Bertz CT molecular complexity index is 2590.